The Labute approximate surface area is 206 Å². The largest absolute Gasteiger partial charge is 0.496 e. The van der Waals surface area contributed by atoms with E-state index >= 15 is 0 Å². The number of nitrogens with one attached hydrogen (secondary N) is 2. The van der Waals surface area contributed by atoms with Crippen molar-refractivity contribution in [3.63, 3.8) is 0 Å². The van der Waals surface area contributed by atoms with Gasteiger partial charge in [-0.3, -0.25) is 14.3 Å². The van der Waals surface area contributed by atoms with Crippen molar-refractivity contribution in [3.8, 4) is 17.2 Å². The van der Waals surface area contributed by atoms with Crippen molar-refractivity contribution >= 4 is 39.8 Å². The lowest BCUT2D eigenvalue weighted by Crippen LogP contribution is -2.48. The predicted molar refractivity (Wildman–Crippen MR) is 134 cm³/mol. The van der Waals surface area contributed by atoms with E-state index in [2.05, 4.69) is 15.7 Å². The van der Waals surface area contributed by atoms with E-state index in [9.17, 15) is 14.4 Å². The SMILES string of the molecule is CCNC(=O)n1ccc2cc(Oc3ccnc4cc(OC)c(C(=O)N(CC)NC(N)=O)cc34)ccc21. The maximum absolute atomic E-state index is 13.1. The molecule has 0 radical (unpaired) electrons. The van der Waals surface area contributed by atoms with Crippen molar-refractivity contribution in [3.05, 3.63) is 60.4 Å². The Balaban J connectivity index is 1.72. The van der Waals surface area contributed by atoms with E-state index in [0.29, 0.717) is 28.9 Å². The quantitative estimate of drug-likeness (QED) is 0.353. The highest BCUT2D eigenvalue weighted by atomic mass is 16.5. The van der Waals surface area contributed by atoms with Crippen molar-refractivity contribution in [2.24, 2.45) is 5.73 Å². The second-order valence-electron chi connectivity index (χ2n) is 7.75. The second kappa shape index (κ2) is 10.2. The Bertz CT molecular complexity index is 1460. The fourth-order valence-corrected chi connectivity index (χ4v) is 3.85. The molecule has 0 spiro atoms. The van der Waals surface area contributed by atoms with Crippen LogP contribution in [0.2, 0.25) is 0 Å². The Morgan fingerprint density at radius 3 is 2.58 bits per heavy atom. The van der Waals surface area contributed by atoms with Crippen LogP contribution in [0.1, 0.15) is 24.2 Å². The summed E-state index contributed by atoms with van der Waals surface area (Å²) in [5, 5.41) is 5.26. The van der Waals surface area contributed by atoms with Crippen LogP contribution in [0.3, 0.4) is 0 Å². The number of urea groups is 1. The van der Waals surface area contributed by atoms with Gasteiger partial charge in [0.2, 0.25) is 0 Å². The van der Waals surface area contributed by atoms with Gasteiger partial charge >= 0.3 is 12.1 Å². The minimum Gasteiger partial charge on any atom is -0.496 e. The van der Waals surface area contributed by atoms with Crippen LogP contribution < -0.4 is 25.9 Å². The third kappa shape index (κ3) is 4.71. The Morgan fingerprint density at radius 1 is 1.08 bits per heavy atom. The van der Waals surface area contributed by atoms with E-state index in [0.717, 1.165) is 15.9 Å². The molecule has 4 N–H and O–H groups in total. The van der Waals surface area contributed by atoms with Crippen LogP contribution in [0, 0.1) is 0 Å². The van der Waals surface area contributed by atoms with Crippen LogP contribution in [0.5, 0.6) is 17.2 Å². The lowest BCUT2D eigenvalue weighted by atomic mass is 10.1. The topological polar surface area (TPSA) is 141 Å². The lowest BCUT2D eigenvalue weighted by molar-refractivity contribution is 0.0694. The zero-order valence-corrected chi connectivity index (χ0v) is 20.1. The maximum atomic E-state index is 13.1. The molecule has 2 heterocycles. The number of ether oxygens (including phenoxy) is 2. The molecule has 0 aliphatic heterocycles. The van der Waals surface area contributed by atoms with E-state index in [1.165, 1.54) is 11.7 Å². The Kier molecular flexibility index (Phi) is 6.91. The summed E-state index contributed by atoms with van der Waals surface area (Å²) in [6.07, 6.45) is 3.29. The minimum atomic E-state index is -0.855. The normalized spacial score (nSPS) is 10.8. The molecule has 4 amide bonds. The molecule has 2 aromatic carbocycles. The van der Waals surface area contributed by atoms with E-state index in [-0.39, 0.29) is 23.9 Å². The number of benzene rings is 2. The number of hydrogen-bond acceptors (Lipinski definition) is 6. The number of amides is 4. The molecular weight excluding hydrogens is 464 g/mol. The third-order valence-electron chi connectivity index (χ3n) is 5.50. The summed E-state index contributed by atoms with van der Waals surface area (Å²) in [5.41, 5.74) is 9.00. The number of rotatable bonds is 6. The van der Waals surface area contributed by atoms with Crippen molar-refractivity contribution < 1.29 is 23.9 Å². The summed E-state index contributed by atoms with van der Waals surface area (Å²) in [5.74, 6) is 0.788. The molecule has 4 aromatic rings. The monoisotopic (exact) mass is 490 g/mol. The standard InChI is InChI=1S/C25H26N6O5/c1-4-27-25(34)30-11-9-15-12-16(6-7-20(15)30)36-21-8-10-28-19-14-22(35-3)18(13-17(19)21)23(32)31(5-2)29-24(26)33/h6-14H,4-5H2,1-3H3,(H,27,34)(H3,26,29,33). The molecule has 0 bridgehead atoms. The number of nitrogens with zero attached hydrogens (tertiary/aromatic N) is 3. The first kappa shape index (κ1) is 24.3. The number of hydrazine groups is 1. The van der Waals surface area contributed by atoms with Crippen molar-refractivity contribution in [2.75, 3.05) is 20.2 Å². The molecule has 0 atom stereocenters. The zero-order valence-electron chi connectivity index (χ0n) is 20.1. The number of fused-ring (bicyclic) bond motifs is 2. The van der Waals surface area contributed by atoms with Gasteiger partial charge in [0.15, 0.2) is 0 Å². The number of carbonyl (C=O) groups excluding carboxylic acids is 3. The van der Waals surface area contributed by atoms with E-state index < -0.39 is 11.9 Å². The molecule has 0 aliphatic rings. The van der Waals surface area contributed by atoms with Crippen molar-refractivity contribution in [1.29, 1.82) is 0 Å². The molecule has 11 heteroatoms. The summed E-state index contributed by atoms with van der Waals surface area (Å²) in [4.78, 5) is 41.1. The van der Waals surface area contributed by atoms with E-state index in [1.54, 1.807) is 49.6 Å². The van der Waals surface area contributed by atoms with Crippen molar-refractivity contribution in [1.82, 2.24) is 25.3 Å². The molecular formula is C25H26N6O5. The van der Waals surface area contributed by atoms with Crippen LogP contribution in [0.25, 0.3) is 21.8 Å². The third-order valence-corrected chi connectivity index (χ3v) is 5.50. The maximum Gasteiger partial charge on any atom is 0.331 e. The molecule has 36 heavy (non-hydrogen) atoms. The first-order valence-electron chi connectivity index (χ1n) is 11.3. The fraction of sp³-hybridized carbons (Fsp3) is 0.200. The summed E-state index contributed by atoms with van der Waals surface area (Å²) in [6, 6.07) is 11.1. The number of nitrogens with two attached hydrogens (primary N) is 1. The summed E-state index contributed by atoms with van der Waals surface area (Å²) >= 11 is 0. The molecule has 2 aromatic heterocycles. The second-order valence-corrected chi connectivity index (χ2v) is 7.75. The zero-order chi connectivity index (χ0) is 25.8. The molecule has 0 aliphatic carbocycles. The van der Waals surface area contributed by atoms with Crippen LogP contribution in [0.4, 0.5) is 9.59 Å². The van der Waals surface area contributed by atoms with Gasteiger partial charge in [-0.05, 0) is 50.2 Å². The van der Waals surface area contributed by atoms with Crippen LogP contribution >= 0.6 is 0 Å². The number of methoxy groups -OCH3 is 1. The summed E-state index contributed by atoms with van der Waals surface area (Å²) in [7, 11) is 1.44. The van der Waals surface area contributed by atoms with E-state index in [4.69, 9.17) is 15.2 Å². The molecule has 11 nitrogen and oxygen atoms in total. The lowest BCUT2D eigenvalue weighted by Gasteiger charge is -2.22. The molecule has 4 rings (SSSR count). The van der Waals surface area contributed by atoms with Crippen LogP contribution in [-0.4, -0.2) is 52.7 Å². The first-order valence-corrected chi connectivity index (χ1v) is 11.3. The van der Waals surface area contributed by atoms with Gasteiger partial charge in [-0.15, -0.1) is 0 Å². The fourth-order valence-electron chi connectivity index (χ4n) is 3.85. The molecule has 186 valence electrons. The van der Waals surface area contributed by atoms with Gasteiger partial charge in [0, 0.05) is 42.3 Å². The first-order chi connectivity index (χ1) is 17.4. The predicted octanol–water partition coefficient (Wildman–Crippen LogP) is 3.61. The van der Waals surface area contributed by atoms with Gasteiger partial charge in [-0.2, -0.15) is 0 Å². The molecule has 0 fully saturated rings. The number of primary amides is 1. The minimum absolute atomic E-state index is 0.190. The smallest absolute Gasteiger partial charge is 0.331 e. The van der Waals surface area contributed by atoms with Crippen molar-refractivity contribution in [2.45, 2.75) is 13.8 Å². The van der Waals surface area contributed by atoms with Gasteiger partial charge in [0.1, 0.15) is 17.2 Å². The van der Waals surface area contributed by atoms with Gasteiger partial charge in [-0.1, -0.05) is 0 Å². The molecule has 0 unspecified atom stereocenters. The van der Waals surface area contributed by atoms with Crippen LogP contribution in [0.15, 0.2) is 54.9 Å². The number of aromatic nitrogens is 2. The van der Waals surface area contributed by atoms with Gasteiger partial charge in [0.25, 0.3) is 5.91 Å². The van der Waals surface area contributed by atoms with Gasteiger partial charge in [0.05, 0.1) is 23.7 Å². The summed E-state index contributed by atoms with van der Waals surface area (Å²) in [6.45, 7) is 4.28. The Morgan fingerprint density at radius 2 is 1.89 bits per heavy atom. The Hall–Kier alpha value is -4.80. The summed E-state index contributed by atoms with van der Waals surface area (Å²) < 4.78 is 13.1. The number of carbonyl (C=O) groups is 3. The molecule has 0 saturated heterocycles. The average Bonchev–Trinajstić information content (AvgIpc) is 3.29. The highest BCUT2D eigenvalue weighted by Gasteiger charge is 2.22. The van der Waals surface area contributed by atoms with Crippen LogP contribution in [-0.2, 0) is 0 Å². The highest BCUT2D eigenvalue weighted by molar-refractivity contribution is 6.02. The highest BCUT2D eigenvalue weighted by Crippen LogP contribution is 2.34. The average molecular weight is 491 g/mol. The number of pyridine rings is 1. The van der Waals surface area contributed by atoms with E-state index in [1.807, 2.05) is 19.1 Å². The molecule has 0 saturated carbocycles. The van der Waals surface area contributed by atoms with Gasteiger partial charge < -0.3 is 20.5 Å². The van der Waals surface area contributed by atoms with Gasteiger partial charge in [-0.25, -0.2) is 20.0 Å². The number of hydrogen-bond donors (Lipinski definition) is 3.